The first kappa shape index (κ1) is 15.1. The number of amides is 1. The molecule has 1 rings (SSSR count). The van der Waals surface area contributed by atoms with E-state index in [-0.39, 0.29) is 11.9 Å². The van der Waals surface area contributed by atoms with Crippen LogP contribution in [0.4, 0.5) is 0 Å². The van der Waals surface area contributed by atoms with Gasteiger partial charge in [-0.1, -0.05) is 13.8 Å². The Morgan fingerprint density at radius 1 is 1.28 bits per heavy atom. The third kappa shape index (κ3) is 3.29. The minimum absolute atomic E-state index is 0.0642. The smallest absolute Gasteiger partial charge is 0.255 e. The number of hydrogen-bond acceptors (Lipinski definition) is 2. The lowest BCUT2D eigenvalue weighted by atomic mass is 10.0. The zero-order chi connectivity index (χ0) is 13.9. The Morgan fingerprint density at radius 3 is 2.28 bits per heavy atom. The second-order valence-electron chi connectivity index (χ2n) is 5.02. The van der Waals surface area contributed by atoms with E-state index >= 15 is 0 Å². The molecule has 102 valence electrons. The summed E-state index contributed by atoms with van der Waals surface area (Å²) in [4.78, 5) is 12.3. The lowest BCUT2D eigenvalue weighted by Gasteiger charge is -2.21. The molecular formula is C14H22ClNO2. The van der Waals surface area contributed by atoms with E-state index in [1.54, 1.807) is 0 Å². The molecule has 0 aromatic carbocycles. The van der Waals surface area contributed by atoms with Gasteiger partial charge in [-0.25, -0.2) is 0 Å². The predicted molar refractivity (Wildman–Crippen MR) is 74.3 cm³/mol. The zero-order valence-corrected chi connectivity index (χ0v) is 12.5. The van der Waals surface area contributed by atoms with Gasteiger partial charge < -0.3 is 9.73 Å². The van der Waals surface area contributed by atoms with Crippen molar-refractivity contribution in [2.45, 2.75) is 47.1 Å². The van der Waals surface area contributed by atoms with E-state index in [1.807, 2.05) is 20.8 Å². The zero-order valence-electron chi connectivity index (χ0n) is 11.8. The van der Waals surface area contributed by atoms with Crippen LogP contribution in [0, 0.1) is 26.7 Å². The van der Waals surface area contributed by atoms with E-state index in [0.29, 0.717) is 23.1 Å². The van der Waals surface area contributed by atoms with Crippen molar-refractivity contribution in [1.29, 1.82) is 0 Å². The Morgan fingerprint density at radius 2 is 1.89 bits per heavy atom. The van der Waals surface area contributed by atoms with Gasteiger partial charge in [-0.15, -0.1) is 11.6 Å². The maximum Gasteiger partial charge on any atom is 0.255 e. The van der Waals surface area contributed by atoms with Gasteiger partial charge in [0.1, 0.15) is 11.5 Å². The Bertz CT molecular complexity index is 424. The van der Waals surface area contributed by atoms with Crippen LogP contribution in [0.1, 0.15) is 47.7 Å². The van der Waals surface area contributed by atoms with E-state index < -0.39 is 0 Å². The van der Waals surface area contributed by atoms with Gasteiger partial charge in [-0.2, -0.15) is 0 Å². The number of aryl methyl sites for hydroxylation is 2. The van der Waals surface area contributed by atoms with Crippen molar-refractivity contribution in [1.82, 2.24) is 5.32 Å². The number of alkyl halides is 1. The molecule has 1 aromatic heterocycles. The molecule has 0 saturated carbocycles. The van der Waals surface area contributed by atoms with Crippen molar-refractivity contribution in [2.75, 3.05) is 5.88 Å². The second kappa shape index (κ2) is 6.28. The summed E-state index contributed by atoms with van der Waals surface area (Å²) < 4.78 is 5.48. The van der Waals surface area contributed by atoms with E-state index in [0.717, 1.165) is 17.7 Å². The van der Waals surface area contributed by atoms with Crippen LogP contribution in [-0.2, 0) is 0 Å². The topological polar surface area (TPSA) is 42.2 Å². The Balaban J connectivity index is 2.87. The van der Waals surface area contributed by atoms with Crippen LogP contribution in [0.25, 0.3) is 0 Å². The molecule has 0 radical (unpaired) electrons. The van der Waals surface area contributed by atoms with Crippen molar-refractivity contribution >= 4 is 17.5 Å². The maximum absolute atomic E-state index is 12.3. The van der Waals surface area contributed by atoms with Gasteiger partial charge in [0.15, 0.2) is 0 Å². The average molecular weight is 272 g/mol. The van der Waals surface area contributed by atoms with Crippen LogP contribution in [-0.4, -0.2) is 17.8 Å². The van der Waals surface area contributed by atoms with Gasteiger partial charge in [-0.05, 0) is 33.1 Å². The molecule has 1 amide bonds. The summed E-state index contributed by atoms with van der Waals surface area (Å²) >= 11 is 5.77. The Kier molecular flexibility index (Phi) is 5.27. The molecule has 0 aliphatic heterocycles. The van der Waals surface area contributed by atoms with Crippen molar-refractivity contribution in [3.8, 4) is 0 Å². The highest BCUT2D eigenvalue weighted by molar-refractivity contribution is 6.17. The molecule has 0 fully saturated rings. The molecule has 1 heterocycles. The van der Waals surface area contributed by atoms with E-state index in [9.17, 15) is 4.79 Å². The molecule has 4 heteroatoms. The first-order valence-electron chi connectivity index (χ1n) is 6.31. The Hall–Kier alpha value is -0.960. The number of halogens is 1. The molecule has 0 spiro atoms. The van der Waals surface area contributed by atoms with Crippen LogP contribution in [0.3, 0.4) is 0 Å². The lowest BCUT2D eigenvalue weighted by molar-refractivity contribution is 0.0923. The summed E-state index contributed by atoms with van der Waals surface area (Å²) in [6, 6.07) is 0.101. The van der Waals surface area contributed by atoms with Gasteiger partial charge in [0, 0.05) is 17.5 Å². The van der Waals surface area contributed by atoms with Gasteiger partial charge in [0.25, 0.3) is 5.91 Å². The highest BCUT2D eigenvalue weighted by Gasteiger charge is 2.22. The van der Waals surface area contributed by atoms with Gasteiger partial charge in [-0.3, -0.25) is 4.79 Å². The molecule has 0 saturated heterocycles. The number of carbonyl (C=O) groups excluding carboxylic acids is 1. The third-order valence-electron chi connectivity index (χ3n) is 3.33. The van der Waals surface area contributed by atoms with Crippen molar-refractivity contribution < 1.29 is 9.21 Å². The molecule has 1 atom stereocenters. The second-order valence-corrected chi connectivity index (χ2v) is 5.39. The summed E-state index contributed by atoms with van der Waals surface area (Å²) in [7, 11) is 0. The van der Waals surface area contributed by atoms with Crippen LogP contribution in [0.5, 0.6) is 0 Å². The molecule has 18 heavy (non-hydrogen) atoms. The van der Waals surface area contributed by atoms with Crippen LogP contribution in [0.2, 0.25) is 0 Å². The minimum Gasteiger partial charge on any atom is -0.466 e. The van der Waals surface area contributed by atoms with Crippen molar-refractivity contribution in [3.63, 3.8) is 0 Å². The summed E-state index contributed by atoms with van der Waals surface area (Å²) in [5.41, 5.74) is 1.58. The van der Waals surface area contributed by atoms with Crippen molar-refractivity contribution in [3.05, 3.63) is 22.6 Å². The molecule has 1 N–H and O–H groups in total. The quantitative estimate of drug-likeness (QED) is 0.832. The summed E-state index contributed by atoms with van der Waals surface area (Å²) in [5, 5.41) is 3.05. The number of hydrogen-bond donors (Lipinski definition) is 1. The van der Waals surface area contributed by atoms with Gasteiger partial charge in [0.05, 0.1) is 5.56 Å². The lowest BCUT2D eigenvalue weighted by Crippen LogP contribution is -2.39. The van der Waals surface area contributed by atoms with Crippen LogP contribution < -0.4 is 5.32 Å². The summed E-state index contributed by atoms with van der Waals surface area (Å²) in [5.74, 6) is 2.32. The minimum atomic E-state index is -0.0642. The maximum atomic E-state index is 12.3. The first-order chi connectivity index (χ1) is 8.38. The molecule has 1 aromatic rings. The molecule has 0 aliphatic carbocycles. The van der Waals surface area contributed by atoms with E-state index in [1.165, 1.54) is 0 Å². The van der Waals surface area contributed by atoms with Crippen molar-refractivity contribution in [2.24, 2.45) is 5.92 Å². The first-order valence-corrected chi connectivity index (χ1v) is 6.85. The molecule has 0 aliphatic rings. The standard InChI is InChI=1S/C14H22ClNO2/c1-8(2)12(6-7-15)16-14(17)13-9(3)10(4)18-11(13)5/h8,12H,6-7H2,1-5H3,(H,16,17). The van der Waals surface area contributed by atoms with Gasteiger partial charge in [0.2, 0.25) is 0 Å². The molecule has 3 nitrogen and oxygen atoms in total. The molecule has 0 bridgehead atoms. The highest BCUT2D eigenvalue weighted by Crippen LogP contribution is 2.21. The monoisotopic (exact) mass is 271 g/mol. The van der Waals surface area contributed by atoms with Crippen LogP contribution >= 0.6 is 11.6 Å². The number of nitrogens with one attached hydrogen (secondary N) is 1. The number of carbonyl (C=O) groups is 1. The fourth-order valence-electron chi connectivity index (χ4n) is 2.06. The SMILES string of the molecule is Cc1oc(C)c(C(=O)NC(CCCl)C(C)C)c1C. The fraction of sp³-hybridized carbons (Fsp3) is 0.643. The summed E-state index contributed by atoms with van der Waals surface area (Å²) in [6.07, 6.45) is 0.778. The van der Waals surface area contributed by atoms with E-state index in [2.05, 4.69) is 19.2 Å². The van der Waals surface area contributed by atoms with E-state index in [4.69, 9.17) is 16.0 Å². The van der Waals surface area contributed by atoms with Crippen LogP contribution in [0.15, 0.2) is 4.42 Å². The summed E-state index contributed by atoms with van der Waals surface area (Å²) in [6.45, 7) is 9.76. The fourth-order valence-corrected chi connectivity index (χ4v) is 2.29. The number of rotatable bonds is 5. The largest absolute Gasteiger partial charge is 0.466 e. The molecule has 1 unspecified atom stereocenters. The predicted octanol–water partition coefficient (Wildman–Crippen LogP) is 3.59. The highest BCUT2D eigenvalue weighted by atomic mass is 35.5. The Labute approximate surface area is 114 Å². The molecular weight excluding hydrogens is 250 g/mol. The third-order valence-corrected chi connectivity index (χ3v) is 3.55. The van der Waals surface area contributed by atoms with Gasteiger partial charge >= 0.3 is 0 Å². The average Bonchev–Trinajstić information content (AvgIpc) is 2.52. The normalized spacial score (nSPS) is 12.8. The number of furan rings is 1.